The van der Waals surface area contributed by atoms with Gasteiger partial charge in [-0.05, 0) is 33.3 Å². The number of hydrogen-bond donors (Lipinski definition) is 2. The molecular weight excluding hydrogens is 428 g/mol. The lowest BCUT2D eigenvalue weighted by Gasteiger charge is -2.42. The molecule has 3 aromatic rings. The van der Waals surface area contributed by atoms with Crippen LogP contribution in [0.3, 0.4) is 0 Å². The maximum Gasteiger partial charge on any atom is 0.328 e. The summed E-state index contributed by atoms with van der Waals surface area (Å²) in [4.78, 5) is 48.7. The summed E-state index contributed by atoms with van der Waals surface area (Å²) >= 11 is 0. The number of aromatic nitrogens is 6. The number of nitrogens with one attached hydrogen (secondary N) is 1. The summed E-state index contributed by atoms with van der Waals surface area (Å²) in [5.74, 6) is -1.10. The molecule has 0 spiro atoms. The van der Waals surface area contributed by atoms with E-state index in [1.807, 2.05) is 0 Å². The number of aromatic amines is 1. The molecule has 1 amide bonds. The topological polar surface area (TPSA) is 138 Å². The zero-order chi connectivity index (χ0) is 23.4. The quantitative estimate of drug-likeness (QED) is 0.589. The fraction of sp³-hybridized carbons (Fsp3) is 0.474. The van der Waals surface area contributed by atoms with Crippen molar-refractivity contribution in [1.29, 1.82) is 0 Å². The summed E-state index contributed by atoms with van der Waals surface area (Å²) < 4.78 is 28.8. The highest BCUT2D eigenvalue weighted by Gasteiger charge is 2.41. The van der Waals surface area contributed by atoms with Gasteiger partial charge >= 0.3 is 5.69 Å². The van der Waals surface area contributed by atoms with Gasteiger partial charge in [-0.3, -0.25) is 19.1 Å². The number of halogens is 2. The normalized spacial score (nSPS) is 21.5. The molecule has 0 bridgehead atoms. The first-order valence-corrected chi connectivity index (χ1v) is 9.84. The Morgan fingerprint density at radius 1 is 1.31 bits per heavy atom. The number of carbonyl (C=O) groups excluding carboxylic acids is 1. The highest BCUT2D eigenvalue weighted by Crippen LogP contribution is 2.31. The van der Waals surface area contributed by atoms with Gasteiger partial charge < -0.3 is 10.0 Å². The molecule has 11 nitrogen and oxygen atoms in total. The van der Waals surface area contributed by atoms with Gasteiger partial charge in [-0.15, -0.1) is 5.10 Å². The molecule has 0 aromatic carbocycles. The molecule has 0 unspecified atom stereocenters. The van der Waals surface area contributed by atoms with Crippen molar-refractivity contribution < 1.29 is 18.7 Å². The maximum absolute atomic E-state index is 13.4. The lowest BCUT2D eigenvalue weighted by Crippen LogP contribution is -2.55. The third kappa shape index (κ3) is 3.68. The van der Waals surface area contributed by atoms with Crippen molar-refractivity contribution in [3.05, 3.63) is 55.9 Å². The minimum atomic E-state index is -2.84. The Balaban J connectivity index is 1.70. The molecule has 1 saturated heterocycles. The summed E-state index contributed by atoms with van der Waals surface area (Å²) in [5, 5.41) is 14.8. The third-order valence-electron chi connectivity index (χ3n) is 5.65. The van der Waals surface area contributed by atoms with E-state index in [2.05, 4.69) is 20.1 Å². The number of nitrogens with zero attached hydrogens (tertiary/aromatic N) is 6. The van der Waals surface area contributed by atoms with Crippen molar-refractivity contribution >= 4 is 11.7 Å². The van der Waals surface area contributed by atoms with E-state index in [0.717, 1.165) is 4.52 Å². The van der Waals surface area contributed by atoms with Crippen LogP contribution in [0.2, 0.25) is 0 Å². The molecule has 1 aliphatic heterocycles. The van der Waals surface area contributed by atoms with Crippen LogP contribution in [0.5, 0.6) is 0 Å². The van der Waals surface area contributed by atoms with Gasteiger partial charge in [0.05, 0.1) is 11.6 Å². The predicted molar refractivity (Wildman–Crippen MR) is 107 cm³/mol. The van der Waals surface area contributed by atoms with Crippen LogP contribution in [-0.2, 0) is 0 Å². The summed E-state index contributed by atoms with van der Waals surface area (Å²) in [5.41, 5.74) is -2.46. The number of aryl methyl sites for hydroxylation is 2. The zero-order valence-corrected chi connectivity index (χ0v) is 17.5. The summed E-state index contributed by atoms with van der Waals surface area (Å²) in [7, 11) is 0. The first kappa shape index (κ1) is 21.7. The number of alkyl halides is 2. The number of piperidine rings is 1. The first-order valence-electron chi connectivity index (χ1n) is 9.84. The highest BCUT2D eigenvalue weighted by atomic mass is 19.3. The molecule has 1 fully saturated rings. The number of aliphatic hydroxyl groups is 1. The average Bonchev–Trinajstić information content (AvgIpc) is 3.13. The Morgan fingerprint density at radius 2 is 2.03 bits per heavy atom. The number of fused-ring (bicyclic) bond motifs is 1. The molecule has 2 atom stereocenters. The van der Waals surface area contributed by atoms with Crippen molar-refractivity contribution in [3.63, 3.8) is 0 Å². The number of amides is 1. The molecule has 4 heterocycles. The second-order valence-electron chi connectivity index (χ2n) is 8.12. The molecule has 2 N–H and O–H groups in total. The van der Waals surface area contributed by atoms with Gasteiger partial charge in [0.1, 0.15) is 5.69 Å². The second-order valence-corrected chi connectivity index (χ2v) is 8.12. The Hall–Kier alpha value is -3.48. The van der Waals surface area contributed by atoms with Gasteiger partial charge in [-0.1, -0.05) is 0 Å². The molecule has 0 aliphatic carbocycles. The van der Waals surface area contributed by atoms with Crippen molar-refractivity contribution in [2.45, 2.75) is 45.3 Å². The molecule has 1 aliphatic rings. The lowest BCUT2D eigenvalue weighted by molar-refractivity contribution is -0.0462. The van der Waals surface area contributed by atoms with Crippen LogP contribution in [0.15, 0.2) is 21.9 Å². The fourth-order valence-electron chi connectivity index (χ4n) is 3.82. The minimum absolute atomic E-state index is 0.0824. The van der Waals surface area contributed by atoms with E-state index >= 15 is 0 Å². The van der Waals surface area contributed by atoms with Crippen molar-refractivity contribution in [3.8, 4) is 0 Å². The van der Waals surface area contributed by atoms with Crippen LogP contribution in [0.25, 0.3) is 5.78 Å². The van der Waals surface area contributed by atoms with E-state index in [4.69, 9.17) is 0 Å². The fourth-order valence-corrected chi connectivity index (χ4v) is 3.82. The largest absolute Gasteiger partial charge is 0.388 e. The van der Waals surface area contributed by atoms with Crippen LogP contribution in [0.1, 0.15) is 53.4 Å². The number of rotatable bonds is 3. The maximum atomic E-state index is 13.4. The zero-order valence-electron chi connectivity index (χ0n) is 17.5. The number of H-pyrrole nitrogens is 1. The number of hydrogen-bond acceptors (Lipinski definition) is 7. The number of carbonyl (C=O) groups is 1. The monoisotopic (exact) mass is 449 g/mol. The van der Waals surface area contributed by atoms with Gasteiger partial charge in [0, 0.05) is 30.5 Å². The summed E-state index contributed by atoms with van der Waals surface area (Å²) in [6, 6.07) is 0.303. The van der Waals surface area contributed by atoms with Crippen molar-refractivity contribution in [2.75, 3.05) is 13.1 Å². The molecule has 4 rings (SSSR count). The molecular formula is C19H21F2N7O4. The van der Waals surface area contributed by atoms with Crippen LogP contribution in [-0.4, -0.2) is 63.7 Å². The van der Waals surface area contributed by atoms with E-state index in [1.54, 1.807) is 0 Å². The Bertz CT molecular complexity index is 1330. The van der Waals surface area contributed by atoms with E-state index in [0.29, 0.717) is 5.69 Å². The van der Waals surface area contributed by atoms with Gasteiger partial charge in [0.15, 0.2) is 0 Å². The van der Waals surface area contributed by atoms with Crippen LogP contribution in [0, 0.1) is 13.8 Å². The van der Waals surface area contributed by atoms with Crippen molar-refractivity contribution in [2.24, 2.45) is 0 Å². The summed E-state index contributed by atoms with van der Waals surface area (Å²) in [6.45, 7) is 4.63. The molecule has 3 aromatic heterocycles. The Morgan fingerprint density at radius 3 is 2.72 bits per heavy atom. The van der Waals surface area contributed by atoms with Gasteiger partial charge in [-0.25, -0.2) is 18.6 Å². The molecule has 170 valence electrons. The molecule has 32 heavy (non-hydrogen) atoms. The summed E-state index contributed by atoms with van der Waals surface area (Å²) in [6.07, 6.45) is -1.38. The molecule has 13 heteroatoms. The molecule has 0 saturated carbocycles. The van der Waals surface area contributed by atoms with Gasteiger partial charge in [0.25, 0.3) is 23.7 Å². The first-order chi connectivity index (χ1) is 15.0. The SMILES string of the molecule is Cc1cc(C(F)F)n2nc(C(=O)N3CC[C@@](C)(O)[C@H](n4cc(C)c(=O)[nH]c4=O)C3)nc2n1. The third-order valence-corrected chi connectivity index (χ3v) is 5.65. The van der Waals surface area contributed by atoms with Crippen LogP contribution in [0.4, 0.5) is 8.78 Å². The van der Waals surface area contributed by atoms with Crippen LogP contribution >= 0.6 is 0 Å². The van der Waals surface area contributed by atoms with Crippen molar-refractivity contribution in [1.82, 2.24) is 34.0 Å². The van der Waals surface area contributed by atoms with E-state index in [1.165, 1.54) is 42.5 Å². The van der Waals surface area contributed by atoms with E-state index in [-0.39, 0.29) is 36.7 Å². The Labute approximate surface area is 179 Å². The van der Waals surface area contributed by atoms with E-state index < -0.39 is 40.9 Å². The second kappa shape index (κ2) is 7.58. The van der Waals surface area contributed by atoms with Crippen LogP contribution < -0.4 is 11.2 Å². The Kier molecular flexibility index (Phi) is 5.15. The van der Waals surface area contributed by atoms with Gasteiger partial charge in [0.2, 0.25) is 5.82 Å². The minimum Gasteiger partial charge on any atom is -0.388 e. The predicted octanol–water partition coefficient (Wildman–Crippen LogP) is 0.367. The molecule has 0 radical (unpaired) electrons. The standard InChI is InChI=1S/C19H21F2N7O4/c1-9-7-27(18(31)24-15(9)29)12-8-26(5-4-19(12,3)32)16(30)14-23-17-22-10(2)6-11(13(20)21)28(17)25-14/h6-7,12-13,32H,4-5,8H2,1-3H3,(H,24,29,31)/t12-,19-/m1/s1. The number of likely N-dealkylation sites (tertiary alicyclic amines) is 1. The van der Waals surface area contributed by atoms with E-state index in [9.17, 15) is 28.3 Å². The smallest absolute Gasteiger partial charge is 0.328 e. The highest BCUT2D eigenvalue weighted by molar-refractivity contribution is 5.91. The van der Waals surface area contributed by atoms with Gasteiger partial charge in [-0.2, -0.15) is 9.50 Å². The average molecular weight is 449 g/mol. The lowest BCUT2D eigenvalue weighted by atomic mass is 9.88.